The number of carbonyl (C=O) groups is 4. The van der Waals surface area contributed by atoms with Crippen molar-refractivity contribution >= 4 is 47.0 Å². The lowest BCUT2D eigenvalue weighted by Crippen LogP contribution is -2.48. The van der Waals surface area contributed by atoms with Gasteiger partial charge >= 0.3 is 0 Å². The minimum atomic E-state index is -0.679. The SMILES string of the molecule is C/N=C(\N/N=C(\N)C(=O)NCCCNC(=O)C1=NNC(C(=O)NCCCN)=NN1)C(=O)NCCCN. The van der Waals surface area contributed by atoms with Crippen LogP contribution in [0.3, 0.4) is 0 Å². The lowest BCUT2D eigenvalue weighted by Gasteiger charge is -2.14. The Bertz CT molecular complexity index is 898. The molecular weight excluding hydrogens is 476 g/mol. The zero-order chi connectivity index (χ0) is 26.8. The van der Waals surface area contributed by atoms with Gasteiger partial charge < -0.3 is 38.5 Å². The molecule has 0 atom stereocenters. The molecule has 0 bridgehead atoms. The molecule has 0 aromatic carbocycles. The molecule has 0 saturated heterocycles. The first kappa shape index (κ1) is 29.7. The van der Waals surface area contributed by atoms with Crippen molar-refractivity contribution in [3.8, 4) is 0 Å². The molecule has 0 saturated carbocycles. The molecule has 18 heteroatoms. The van der Waals surface area contributed by atoms with Gasteiger partial charge in [0.05, 0.1) is 0 Å². The number of hydrogen-bond donors (Lipinski definition) is 10. The van der Waals surface area contributed by atoms with Crippen LogP contribution in [0.2, 0.25) is 0 Å². The van der Waals surface area contributed by atoms with E-state index in [-0.39, 0.29) is 30.6 Å². The standard InChI is InChI=1S/C18H34N14O4/c1-22-12(16(34)24-7-2-5-19)28-27-11(21)15(33)23-9-4-10-26-18(36)14-31-29-13(30-32-14)17(35)25-8-3-6-20/h2-10,19-20H2,1H3,(H2,21,27)(H,22,28)(H,23,33)(H,24,34)(H,25,35)(H,26,36)(H,29,30)(H,31,32). The molecule has 0 fully saturated rings. The van der Waals surface area contributed by atoms with Gasteiger partial charge in [-0.05, 0) is 32.4 Å². The van der Waals surface area contributed by atoms with E-state index in [9.17, 15) is 19.2 Å². The van der Waals surface area contributed by atoms with Crippen LogP contribution in [0.5, 0.6) is 0 Å². The van der Waals surface area contributed by atoms with Gasteiger partial charge in [0, 0.05) is 33.2 Å². The Kier molecular flexibility index (Phi) is 14.2. The Morgan fingerprint density at radius 2 is 1.25 bits per heavy atom. The van der Waals surface area contributed by atoms with Gasteiger partial charge in [0.15, 0.2) is 0 Å². The maximum absolute atomic E-state index is 12.1. The molecular formula is C18H34N14O4. The predicted octanol–water partition coefficient (Wildman–Crippen LogP) is -5.75. The molecule has 36 heavy (non-hydrogen) atoms. The second-order valence-corrected chi connectivity index (χ2v) is 6.99. The molecule has 200 valence electrons. The summed E-state index contributed by atoms with van der Waals surface area (Å²) in [5.41, 5.74) is 23.4. The van der Waals surface area contributed by atoms with E-state index in [0.29, 0.717) is 45.4 Å². The largest absolute Gasteiger partial charge is 0.378 e. The summed E-state index contributed by atoms with van der Waals surface area (Å²) in [5.74, 6) is -3.02. The average Bonchev–Trinajstić information content (AvgIpc) is 2.88. The van der Waals surface area contributed by atoms with E-state index in [2.05, 4.69) is 57.8 Å². The van der Waals surface area contributed by atoms with Gasteiger partial charge in [-0.25, -0.2) is 0 Å². The summed E-state index contributed by atoms with van der Waals surface area (Å²) >= 11 is 0. The van der Waals surface area contributed by atoms with Gasteiger partial charge in [0.1, 0.15) is 0 Å². The van der Waals surface area contributed by atoms with Gasteiger partial charge in [0.2, 0.25) is 23.3 Å². The number of carbonyl (C=O) groups excluding carboxylic acids is 4. The number of nitrogens with two attached hydrogens (primary N) is 3. The van der Waals surface area contributed by atoms with E-state index in [1.54, 1.807) is 0 Å². The first-order chi connectivity index (χ1) is 17.3. The fraction of sp³-hybridized carbons (Fsp3) is 0.556. The maximum Gasteiger partial charge on any atom is 0.290 e. The molecule has 0 radical (unpaired) electrons. The smallest absolute Gasteiger partial charge is 0.290 e. The Morgan fingerprint density at radius 1 is 0.778 bits per heavy atom. The van der Waals surface area contributed by atoms with Gasteiger partial charge in [-0.3, -0.25) is 40.4 Å². The summed E-state index contributed by atoms with van der Waals surface area (Å²) in [7, 11) is 1.38. The van der Waals surface area contributed by atoms with Crippen LogP contribution in [-0.4, -0.2) is 93.3 Å². The van der Waals surface area contributed by atoms with Gasteiger partial charge in [-0.2, -0.15) is 5.10 Å². The summed E-state index contributed by atoms with van der Waals surface area (Å²) in [6.07, 6.45) is 1.58. The summed E-state index contributed by atoms with van der Waals surface area (Å²) in [5, 5.41) is 21.4. The van der Waals surface area contributed by atoms with Crippen molar-refractivity contribution in [1.29, 1.82) is 0 Å². The second kappa shape index (κ2) is 17.2. The van der Waals surface area contributed by atoms with Crippen LogP contribution in [0.1, 0.15) is 19.3 Å². The van der Waals surface area contributed by atoms with E-state index in [1.165, 1.54) is 7.05 Å². The van der Waals surface area contributed by atoms with Crippen molar-refractivity contribution in [3.05, 3.63) is 0 Å². The predicted molar refractivity (Wildman–Crippen MR) is 133 cm³/mol. The van der Waals surface area contributed by atoms with E-state index in [1.807, 2.05) is 0 Å². The summed E-state index contributed by atoms with van der Waals surface area (Å²) in [6, 6.07) is 0. The zero-order valence-electron chi connectivity index (χ0n) is 20.0. The van der Waals surface area contributed by atoms with Gasteiger partial charge in [-0.15, -0.1) is 10.2 Å². The molecule has 1 rings (SSSR count). The molecule has 4 amide bonds. The number of nitrogens with zero attached hydrogens (tertiary/aromatic N) is 4. The molecule has 1 heterocycles. The van der Waals surface area contributed by atoms with E-state index in [0.717, 1.165) is 0 Å². The summed E-state index contributed by atoms with van der Waals surface area (Å²) < 4.78 is 0. The van der Waals surface area contributed by atoms with Crippen molar-refractivity contribution in [3.63, 3.8) is 0 Å². The molecule has 0 aliphatic carbocycles. The quantitative estimate of drug-likeness (QED) is 0.0484. The average molecular weight is 511 g/mol. The minimum Gasteiger partial charge on any atom is -0.378 e. The number of aliphatic imine (C=N–C) groups is 1. The van der Waals surface area contributed by atoms with Crippen molar-refractivity contribution < 1.29 is 19.2 Å². The van der Waals surface area contributed by atoms with E-state index < -0.39 is 29.5 Å². The van der Waals surface area contributed by atoms with Crippen LogP contribution < -0.4 is 54.7 Å². The number of hydrazone groups is 3. The third kappa shape index (κ3) is 11.2. The zero-order valence-corrected chi connectivity index (χ0v) is 20.0. The monoisotopic (exact) mass is 510 g/mol. The lowest BCUT2D eigenvalue weighted by molar-refractivity contribution is -0.116. The highest BCUT2D eigenvalue weighted by Gasteiger charge is 2.19. The normalized spacial score (nSPS) is 13.3. The highest BCUT2D eigenvalue weighted by Crippen LogP contribution is 1.87. The summed E-state index contributed by atoms with van der Waals surface area (Å²) in [6.45, 7) is 1.99. The second-order valence-electron chi connectivity index (χ2n) is 6.99. The Labute approximate surface area is 207 Å². The van der Waals surface area contributed by atoms with E-state index in [4.69, 9.17) is 17.2 Å². The maximum atomic E-state index is 12.1. The van der Waals surface area contributed by atoms with Crippen molar-refractivity contribution in [2.45, 2.75) is 19.3 Å². The lowest BCUT2D eigenvalue weighted by atomic mass is 10.4. The highest BCUT2D eigenvalue weighted by molar-refractivity contribution is 6.42. The van der Waals surface area contributed by atoms with Gasteiger partial charge in [0.25, 0.3) is 23.6 Å². The fourth-order valence-electron chi connectivity index (χ4n) is 2.28. The molecule has 0 spiro atoms. The van der Waals surface area contributed by atoms with Crippen LogP contribution >= 0.6 is 0 Å². The molecule has 0 aromatic rings. The van der Waals surface area contributed by atoms with Crippen LogP contribution in [-0.2, 0) is 19.2 Å². The first-order valence-corrected chi connectivity index (χ1v) is 11.1. The van der Waals surface area contributed by atoms with Crippen LogP contribution in [0.25, 0.3) is 0 Å². The Morgan fingerprint density at radius 3 is 1.75 bits per heavy atom. The molecule has 1 aliphatic heterocycles. The third-order valence-corrected chi connectivity index (χ3v) is 4.19. The number of amidine groups is 4. The third-order valence-electron chi connectivity index (χ3n) is 4.19. The van der Waals surface area contributed by atoms with Gasteiger partial charge in [-0.1, -0.05) is 0 Å². The summed E-state index contributed by atoms with van der Waals surface area (Å²) in [4.78, 5) is 51.6. The van der Waals surface area contributed by atoms with Crippen molar-refractivity contribution in [2.75, 3.05) is 46.3 Å². The van der Waals surface area contributed by atoms with Crippen molar-refractivity contribution in [1.82, 2.24) is 37.5 Å². The minimum absolute atomic E-state index is 0.0930. The molecule has 0 unspecified atom stereocenters. The Balaban J connectivity index is 2.29. The van der Waals surface area contributed by atoms with E-state index >= 15 is 0 Å². The molecule has 13 N–H and O–H groups in total. The van der Waals surface area contributed by atoms with Crippen LogP contribution in [0.15, 0.2) is 20.3 Å². The number of nitrogens with one attached hydrogen (secondary N) is 7. The van der Waals surface area contributed by atoms with Crippen molar-refractivity contribution in [2.24, 2.45) is 37.5 Å². The first-order valence-electron chi connectivity index (χ1n) is 11.1. The Hall–Kier alpha value is -4.32. The topological polar surface area (TPSA) is 280 Å². The fourth-order valence-corrected chi connectivity index (χ4v) is 2.28. The molecule has 18 nitrogen and oxygen atoms in total. The highest BCUT2D eigenvalue weighted by atomic mass is 16.2. The number of amides is 4. The number of rotatable bonds is 13. The van der Waals surface area contributed by atoms with Crippen LogP contribution in [0, 0.1) is 0 Å². The molecule has 0 aromatic heterocycles. The number of hydrogen-bond acceptors (Lipinski definition) is 12. The van der Waals surface area contributed by atoms with Crippen LogP contribution in [0.4, 0.5) is 0 Å². The molecule has 1 aliphatic rings.